The highest BCUT2D eigenvalue weighted by atomic mass is 32.1. The van der Waals surface area contributed by atoms with Crippen molar-refractivity contribution in [1.29, 1.82) is 0 Å². The van der Waals surface area contributed by atoms with E-state index in [2.05, 4.69) is 15.6 Å². The van der Waals surface area contributed by atoms with Crippen LogP contribution >= 0.6 is 11.3 Å². The number of amides is 1. The predicted octanol–water partition coefficient (Wildman–Crippen LogP) is 2.68. The molecule has 116 valence electrons. The number of carbonyl (C=O) groups excluding carboxylic acids is 2. The SMILES string of the molecule is CCOC(=O)CNc1ncccc1NC(=O)c1ccc(C)s1. The fraction of sp³-hybridized carbons (Fsp3) is 0.267. The molecule has 2 N–H and O–H groups in total. The van der Waals surface area contributed by atoms with Crippen LogP contribution in [0.2, 0.25) is 0 Å². The van der Waals surface area contributed by atoms with E-state index >= 15 is 0 Å². The van der Waals surface area contributed by atoms with Crippen LogP contribution in [-0.4, -0.2) is 30.0 Å². The molecular formula is C15H17N3O3S. The van der Waals surface area contributed by atoms with Crippen LogP contribution in [0.1, 0.15) is 21.5 Å². The van der Waals surface area contributed by atoms with Gasteiger partial charge in [-0.2, -0.15) is 0 Å². The summed E-state index contributed by atoms with van der Waals surface area (Å²) in [5.74, 6) is -0.151. The summed E-state index contributed by atoms with van der Waals surface area (Å²) in [6.45, 7) is 4.00. The standard InChI is InChI=1S/C15H17N3O3S/c1-3-21-13(19)9-17-14-11(5-4-8-16-14)18-15(20)12-7-6-10(2)22-12/h4-8H,3,9H2,1-2H3,(H,16,17)(H,18,20). The van der Waals surface area contributed by atoms with Crippen molar-refractivity contribution in [3.05, 3.63) is 40.2 Å². The van der Waals surface area contributed by atoms with Gasteiger partial charge in [-0.3, -0.25) is 9.59 Å². The molecule has 0 aliphatic carbocycles. The minimum Gasteiger partial charge on any atom is -0.465 e. The number of rotatable bonds is 6. The molecule has 7 heteroatoms. The zero-order valence-corrected chi connectivity index (χ0v) is 13.2. The summed E-state index contributed by atoms with van der Waals surface area (Å²) < 4.78 is 4.84. The predicted molar refractivity (Wildman–Crippen MR) is 86.4 cm³/mol. The van der Waals surface area contributed by atoms with E-state index in [0.717, 1.165) is 4.88 Å². The number of carbonyl (C=O) groups is 2. The lowest BCUT2D eigenvalue weighted by molar-refractivity contribution is -0.140. The zero-order valence-electron chi connectivity index (χ0n) is 12.4. The summed E-state index contributed by atoms with van der Waals surface area (Å²) in [4.78, 5) is 29.4. The van der Waals surface area contributed by atoms with Crippen LogP contribution in [0.5, 0.6) is 0 Å². The van der Waals surface area contributed by atoms with E-state index in [4.69, 9.17) is 4.74 Å². The second-order valence-corrected chi connectivity index (χ2v) is 5.71. The van der Waals surface area contributed by atoms with Crippen molar-refractivity contribution >= 4 is 34.7 Å². The Kier molecular flexibility index (Phi) is 5.48. The molecule has 0 radical (unpaired) electrons. The third-order valence-corrected chi connectivity index (χ3v) is 3.73. The van der Waals surface area contributed by atoms with Gasteiger partial charge < -0.3 is 15.4 Å². The molecule has 0 aliphatic rings. The molecule has 22 heavy (non-hydrogen) atoms. The van der Waals surface area contributed by atoms with E-state index in [9.17, 15) is 9.59 Å². The molecular weight excluding hydrogens is 302 g/mol. The second kappa shape index (κ2) is 7.56. The van der Waals surface area contributed by atoms with Crippen LogP contribution < -0.4 is 10.6 Å². The number of esters is 1. The fourth-order valence-electron chi connectivity index (χ4n) is 1.76. The van der Waals surface area contributed by atoms with E-state index in [0.29, 0.717) is 23.0 Å². The number of nitrogens with one attached hydrogen (secondary N) is 2. The van der Waals surface area contributed by atoms with Gasteiger partial charge >= 0.3 is 5.97 Å². The summed E-state index contributed by atoms with van der Waals surface area (Å²) in [7, 11) is 0. The number of nitrogens with zero attached hydrogens (tertiary/aromatic N) is 1. The van der Waals surface area contributed by atoms with Crippen LogP contribution in [0, 0.1) is 6.92 Å². The van der Waals surface area contributed by atoms with Crippen LogP contribution in [0.4, 0.5) is 11.5 Å². The number of aromatic nitrogens is 1. The first-order valence-electron chi connectivity index (χ1n) is 6.82. The highest BCUT2D eigenvalue weighted by molar-refractivity contribution is 7.14. The van der Waals surface area contributed by atoms with Crippen molar-refractivity contribution in [3.8, 4) is 0 Å². The van der Waals surface area contributed by atoms with Crippen molar-refractivity contribution in [1.82, 2.24) is 4.98 Å². The van der Waals surface area contributed by atoms with E-state index < -0.39 is 0 Å². The van der Waals surface area contributed by atoms with Gasteiger partial charge in [-0.1, -0.05) is 0 Å². The van der Waals surface area contributed by atoms with Crippen molar-refractivity contribution in [2.24, 2.45) is 0 Å². The third kappa shape index (κ3) is 4.29. The number of hydrogen-bond acceptors (Lipinski definition) is 6. The smallest absolute Gasteiger partial charge is 0.325 e. The summed E-state index contributed by atoms with van der Waals surface area (Å²) in [5, 5.41) is 5.65. The van der Waals surface area contributed by atoms with Crippen molar-refractivity contribution in [3.63, 3.8) is 0 Å². The Morgan fingerprint density at radius 3 is 2.82 bits per heavy atom. The lowest BCUT2D eigenvalue weighted by Crippen LogP contribution is -2.19. The molecule has 0 aromatic carbocycles. The van der Waals surface area contributed by atoms with Gasteiger partial charge in [0.2, 0.25) is 0 Å². The number of aryl methyl sites for hydroxylation is 1. The summed E-state index contributed by atoms with van der Waals surface area (Å²) in [6.07, 6.45) is 1.58. The molecule has 0 bridgehead atoms. The van der Waals surface area contributed by atoms with Gasteiger partial charge in [0.25, 0.3) is 5.91 Å². The van der Waals surface area contributed by atoms with Crippen molar-refractivity contribution < 1.29 is 14.3 Å². The van der Waals surface area contributed by atoms with Gasteiger partial charge in [-0.25, -0.2) is 4.98 Å². The number of thiophene rings is 1. The molecule has 0 aliphatic heterocycles. The molecule has 0 unspecified atom stereocenters. The number of hydrogen-bond donors (Lipinski definition) is 2. The highest BCUT2D eigenvalue weighted by Gasteiger charge is 2.12. The number of anilines is 2. The first-order valence-corrected chi connectivity index (χ1v) is 7.64. The van der Waals surface area contributed by atoms with Gasteiger partial charge in [0.15, 0.2) is 0 Å². The zero-order chi connectivity index (χ0) is 15.9. The molecule has 0 spiro atoms. The molecule has 2 aromatic rings. The Balaban J connectivity index is 2.04. The molecule has 2 heterocycles. The number of pyridine rings is 1. The fourth-order valence-corrected chi connectivity index (χ4v) is 2.52. The molecule has 6 nitrogen and oxygen atoms in total. The van der Waals surface area contributed by atoms with Crippen LogP contribution in [0.25, 0.3) is 0 Å². The Morgan fingerprint density at radius 1 is 1.32 bits per heavy atom. The summed E-state index contributed by atoms with van der Waals surface area (Å²) in [6, 6.07) is 7.10. The molecule has 0 saturated heterocycles. The Labute approximate surface area is 132 Å². The lowest BCUT2D eigenvalue weighted by Gasteiger charge is -2.11. The van der Waals surface area contributed by atoms with Crippen molar-refractivity contribution in [2.45, 2.75) is 13.8 Å². The second-order valence-electron chi connectivity index (χ2n) is 4.42. The van der Waals surface area contributed by atoms with Crippen molar-refractivity contribution in [2.75, 3.05) is 23.8 Å². The lowest BCUT2D eigenvalue weighted by atomic mass is 10.3. The molecule has 0 atom stereocenters. The summed E-state index contributed by atoms with van der Waals surface area (Å²) in [5.41, 5.74) is 0.517. The van der Waals surface area contributed by atoms with Crippen LogP contribution in [0.3, 0.4) is 0 Å². The first-order chi connectivity index (χ1) is 10.6. The maximum absolute atomic E-state index is 12.2. The van der Waals surface area contributed by atoms with Crippen LogP contribution in [0.15, 0.2) is 30.5 Å². The molecule has 0 fully saturated rings. The normalized spacial score (nSPS) is 10.1. The van der Waals surface area contributed by atoms with E-state index in [1.807, 2.05) is 13.0 Å². The van der Waals surface area contributed by atoms with Gasteiger partial charge in [0.1, 0.15) is 12.4 Å². The van der Waals surface area contributed by atoms with E-state index in [-0.39, 0.29) is 18.4 Å². The topological polar surface area (TPSA) is 80.3 Å². The van der Waals surface area contributed by atoms with Gasteiger partial charge in [0, 0.05) is 11.1 Å². The molecule has 2 aromatic heterocycles. The minimum atomic E-state index is -0.376. The van der Waals surface area contributed by atoms with Crippen LogP contribution in [-0.2, 0) is 9.53 Å². The summed E-state index contributed by atoms with van der Waals surface area (Å²) >= 11 is 1.42. The third-order valence-electron chi connectivity index (χ3n) is 2.73. The maximum atomic E-state index is 12.2. The average Bonchev–Trinajstić information content (AvgIpc) is 2.93. The quantitative estimate of drug-likeness (QED) is 0.800. The van der Waals surface area contributed by atoms with Gasteiger partial charge in [-0.15, -0.1) is 11.3 Å². The Bertz CT molecular complexity index is 670. The molecule has 2 rings (SSSR count). The molecule has 0 saturated carbocycles. The minimum absolute atomic E-state index is 0.00810. The Morgan fingerprint density at radius 2 is 2.14 bits per heavy atom. The highest BCUT2D eigenvalue weighted by Crippen LogP contribution is 2.21. The largest absolute Gasteiger partial charge is 0.465 e. The van der Waals surface area contributed by atoms with E-state index in [1.54, 1.807) is 31.3 Å². The average molecular weight is 319 g/mol. The van der Waals surface area contributed by atoms with Gasteiger partial charge in [-0.05, 0) is 38.1 Å². The van der Waals surface area contributed by atoms with E-state index in [1.165, 1.54) is 11.3 Å². The number of ether oxygens (including phenoxy) is 1. The maximum Gasteiger partial charge on any atom is 0.325 e. The Hall–Kier alpha value is -2.41. The monoisotopic (exact) mass is 319 g/mol. The molecule has 1 amide bonds. The van der Waals surface area contributed by atoms with Gasteiger partial charge in [0.05, 0.1) is 17.2 Å². The first kappa shape index (κ1) is 16.0.